The summed E-state index contributed by atoms with van der Waals surface area (Å²) in [6.07, 6.45) is -7.43. The van der Waals surface area contributed by atoms with E-state index in [1.165, 1.54) is 32.4 Å². The van der Waals surface area contributed by atoms with Gasteiger partial charge < -0.3 is 20.3 Å². The van der Waals surface area contributed by atoms with E-state index in [0.717, 1.165) is 0 Å². The molecular formula is C11H15ClF3NO3. The van der Waals surface area contributed by atoms with E-state index in [4.69, 9.17) is 20.3 Å². The second-order valence-corrected chi connectivity index (χ2v) is 3.66. The Hall–Kier alpha value is -1.18. The fourth-order valence-corrected chi connectivity index (χ4v) is 1.41. The minimum absolute atomic E-state index is 0. The fraction of sp³-hybridized carbons (Fsp3) is 0.455. The third-order valence-electron chi connectivity index (χ3n) is 2.43. The molecule has 1 aromatic carbocycles. The van der Waals surface area contributed by atoms with Gasteiger partial charge in [-0.15, -0.1) is 12.4 Å². The van der Waals surface area contributed by atoms with E-state index in [1.54, 1.807) is 0 Å². The van der Waals surface area contributed by atoms with Crippen LogP contribution in [0, 0.1) is 0 Å². The van der Waals surface area contributed by atoms with Crippen molar-refractivity contribution in [3.8, 4) is 11.5 Å². The van der Waals surface area contributed by atoms with E-state index in [-0.39, 0.29) is 18.0 Å². The summed E-state index contributed by atoms with van der Waals surface area (Å²) in [5, 5.41) is 9.10. The average Bonchev–Trinajstić information content (AvgIpc) is 2.35. The van der Waals surface area contributed by atoms with Crippen LogP contribution >= 0.6 is 12.4 Å². The minimum Gasteiger partial charge on any atom is -0.497 e. The van der Waals surface area contributed by atoms with Crippen LogP contribution in [0.1, 0.15) is 11.6 Å². The van der Waals surface area contributed by atoms with E-state index in [1.807, 2.05) is 0 Å². The number of benzene rings is 1. The van der Waals surface area contributed by atoms with Gasteiger partial charge in [-0.1, -0.05) is 0 Å². The summed E-state index contributed by atoms with van der Waals surface area (Å²) in [5.74, 6) is 0.600. The van der Waals surface area contributed by atoms with Crippen molar-refractivity contribution >= 4 is 12.4 Å². The van der Waals surface area contributed by atoms with Gasteiger partial charge >= 0.3 is 6.18 Å². The summed E-state index contributed by atoms with van der Waals surface area (Å²) in [5.41, 5.74) is 5.47. The van der Waals surface area contributed by atoms with Crippen LogP contribution in [0.5, 0.6) is 11.5 Å². The Morgan fingerprint density at radius 1 is 1.11 bits per heavy atom. The van der Waals surface area contributed by atoms with E-state index in [2.05, 4.69) is 0 Å². The molecule has 0 aliphatic heterocycles. The molecule has 0 radical (unpaired) electrons. The van der Waals surface area contributed by atoms with E-state index >= 15 is 0 Å². The van der Waals surface area contributed by atoms with Gasteiger partial charge in [0.1, 0.15) is 11.5 Å². The molecule has 0 amide bonds. The third kappa shape index (κ3) is 4.45. The molecule has 0 spiro atoms. The van der Waals surface area contributed by atoms with Gasteiger partial charge in [-0.3, -0.25) is 0 Å². The van der Waals surface area contributed by atoms with E-state index in [0.29, 0.717) is 11.5 Å². The highest BCUT2D eigenvalue weighted by Crippen LogP contribution is 2.32. The summed E-state index contributed by atoms with van der Waals surface area (Å²) in [6.45, 7) is 0. The Balaban J connectivity index is 0.00000324. The van der Waals surface area contributed by atoms with Gasteiger partial charge in [0.05, 0.1) is 20.3 Å². The molecule has 0 saturated heterocycles. The van der Waals surface area contributed by atoms with Crippen molar-refractivity contribution in [1.82, 2.24) is 0 Å². The first kappa shape index (κ1) is 17.8. The van der Waals surface area contributed by atoms with Gasteiger partial charge in [-0.2, -0.15) is 13.2 Å². The highest BCUT2D eigenvalue weighted by Gasteiger charge is 2.42. The van der Waals surface area contributed by atoms with Gasteiger partial charge in [0.2, 0.25) is 0 Å². The first-order chi connectivity index (χ1) is 8.29. The number of aliphatic hydroxyl groups excluding tert-OH is 1. The maximum Gasteiger partial charge on any atom is 0.416 e. The molecule has 110 valence electrons. The topological polar surface area (TPSA) is 64.7 Å². The smallest absolute Gasteiger partial charge is 0.416 e. The largest absolute Gasteiger partial charge is 0.497 e. The Bertz CT molecular complexity index is 392. The molecular weight excluding hydrogens is 287 g/mol. The molecule has 8 heteroatoms. The summed E-state index contributed by atoms with van der Waals surface area (Å²) >= 11 is 0. The number of ether oxygens (including phenoxy) is 2. The Morgan fingerprint density at radius 2 is 1.53 bits per heavy atom. The number of hydrogen-bond acceptors (Lipinski definition) is 4. The van der Waals surface area contributed by atoms with Crippen LogP contribution in [-0.4, -0.2) is 31.6 Å². The molecule has 1 rings (SSSR count). The zero-order valence-corrected chi connectivity index (χ0v) is 11.1. The summed E-state index contributed by atoms with van der Waals surface area (Å²) < 4.78 is 46.9. The van der Waals surface area contributed by atoms with Crippen LogP contribution < -0.4 is 15.2 Å². The van der Waals surface area contributed by atoms with Crippen molar-refractivity contribution in [2.24, 2.45) is 5.73 Å². The highest BCUT2D eigenvalue weighted by atomic mass is 35.5. The van der Waals surface area contributed by atoms with Crippen molar-refractivity contribution in [1.29, 1.82) is 0 Å². The summed E-state index contributed by atoms with van der Waals surface area (Å²) in [6, 6.07) is 2.54. The Kier molecular flexibility index (Phi) is 6.41. The van der Waals surface area contributed by atoms with Crippen LogP contribution in [0.4, 0.5) is 13.2 Å². The Morgan fingerprint density at radius 3 is 1.84 bits per heavy atom. The first-order valence-corrected chi connectivity index (χ1v) is 5.03. The number of aliphatic hydroxyl groups is 1. The molecule has 1 aromatic rings. The van der Waals surface area contributed by atoms with Gasteiger partial charge in [0.15, 0.2) is 6.10 Å². The molecule has 0 aromatic heterocycles. The lowest BCUT2D eigenvalue weighted by Crippen LogP contribution is -2.38. The number of rotatable bonds is 4. The molecule has 0 aliphatic carbocycles. The predicted molar refractivity (Wildman–Crippen MR) is 65.8 cm³/mol. The molecule has 19 heavy (non-hydrogen) atoms. The second kappa shape index (κ2) is 6.83. The fourth-order valence-electron chi connectivity index (χ4n) is 1.41. The van der Waals surface area contributed by atoms with Crippen molar-refractivity contribution < 1.29 is 27.8 Å². The lowest BCUT2D eigenvalue weighted by atomic mass is 10.0. The average molecular weight is 302 g/mol. The maximum absolute atomic E-state index is 12.4. The third-order valence-corrected chi connectivity index (χ3v) is 2.43. The second-order valence-electron chi connectivity index (χ2n) is 3.66. The van der Waals surface area contributed by atoms with Crippen molar-refractivity contribution in [3.63, 3.8) is 0 Å². The SMILES string of the molecule is COc1cc(OC)cc([C@H](N)[C@H](O)C(F)(F)F)c1.Cl. The van der Waals surface area contributed by atoms with Crippen molar-refractivity contribution in [3.05, 3.63) is 23.8 Å². The molecule has 4 nitrogen and oxygen atoms in total. The Labute approximate surface area is 114 Å². The zero-order chi connectivity index (χ0) is 13.9. The lowest BCUT2D eigenvalue weighted by molar-refractivity contribution is -0.210. The molecule has 2 atom stereocenters. The van der Waals surface area contributed by atoms with Crippen LogP contribution in [0.25, 0.3) is 0 Å². The number of nitrogens with two attached hydrogens (primary N) is 1. The molecule has 0 unspecified atom stereocenters. The molecule has 0 fully saturated rings. The summed E-state index contributed by atoms with van der Waals surface area (Å²) in [4.78, 5) is 0. The van der Waals surface area contributed by atoms with Crippen molar-refractivity contribution in [2.75, 3.05) is 14.2 Å². The van der Waals surface area contributed by atoms with Crippen LogP contribution in [0.15, 0.2) is 18.2 Å². The molecule has 0 bridgehead atoms. The molecule has 3 N–H and O–H groups in total. The minimum atomic E-state index is -4.78. The lowest BCUT2D eigenvalue weighted by Gasteiger charge is -2.22. The van der Waals surface area contributed by atoms with Gasteiger partial charge in [-0.25, -0.2) is 0 Å². The van der Waals surface area contributed by atoms with Gasteiger partial charge in [0, 0.05) is 6.07 Å². The van der Waals surface area contributed by atoms with Gasteiger partial charge in [-0.05, 0) is 17.7 Å². The molecule has 0 saturated carbocycles. The maximum atomic E-state index is 12.4. The standard InChI is InChI=1S/C11H14F3NO3.ClH/c1-17-7-3-6(4-8(5-7)18-2)9(15)10(16)11(12,13)14;/h3-5,9-10,16H,15H2,1-2H3;1H/t9-,10-;/m0./s1. The quantitative estimate of drug-likeness (QED) is 0.893. The number of hydrogen-bond donors (Lipinski definition) is 2. The number of halogens is 4. The highest BCUT2D eigenvalue weighted by molar-refractivity contribution is 5.85. The van der Waals surface area contributed by atoms with E-state index < -0.39 is 18.3 Å². The van der Waals surface area contributed by atoms with E-state index in [9.17, 15) is 13.2 Å². The molecule has 0 heterocycles. The normalized spacial score (nSPS) is 14.3. The van der Waals surface area contributed by atoms with Gasteiger partial charge in [0.25, 0.3) is 0 Å². The van der Waals surface area contributed by atoms with Crippen LogP contribution in [-0.2, 0) is 0 Å². The monoisotopic (exact) mass is 301 g/mol. The number of alkyl halides is 3. The number of methoxy groups -OCH3 is 2. The van der Waals surface area contributed by atoms with Crippen LogP contribution in [0.2, 0.25) is 0 Å². The summed E-state index contributed by atoms with van der Waals surface area (Å²) in [7, 11) is 2.73. The van der Waals surface area contributed by atoms with Crippen molar-refractivity contribution in [2.45, 2.75) is 18.3 Å². The zero-order valence-electron chi connectivity index (χ0n) is 10.3. The first-order valence-electron chi connectivity index (χ1n) is 5.03. The molecule has 0 aliphatic rings. The van der Waals surface area contributed by atoms with Crippen LogP contribution in [0.3, 0.4) is 0 Å². The predicted octanol–water partition coefficient (Wildman–Crippen LogP) is 2.05.